The molecule has 0 fully saturated rings. The Morgan fingerprint density at radius 1 is 0.424 bits per heavy atom. The average Bonchev–Trinajstić information content (AvgIpc) is 3.78. The highest BCUT2D eigenvalue weighted by atomic mass is 32.1. The van der Waals surface area contributed by atoms with Gasteiger partial charge in [-0.2, -0.15) is 0 Å². The largest absolute Gasteiger partial charge is 0.310 e. The Kier molecular flexibility index (Phi) is 9.27. The minimum atomic E-state index is -0.340. The molecule has 0 saturated carbocycles. The van der Waals surface area contributed by atoms with Crippen LogP contribution in [0.5, 0.6) is 0 Å². The van der Waals surface area contributed by atoms with Gasteiger partial charge in [0.05, 0.1) is 11.4 Å². The van der Waals surface area contributed by atoms with Crippen LogP contribution in [0.1, 0.15) is 25.0 Å². The van der Waals surface area contributed by atoms with E-state index in [0.29, 0.717) is 0 Å². The van der Waals surface area contributed by atoms with Gasteiger partial charge in [-0.25, -0.2) is 4.39 Å². The van der Waals surface area contributed by atoms with Crippen LogP contribution in [0.4, 0.5) is 37.8 Å². The van der Waals surface area contributed by atoms with Gasteiger partial charge in [-0.05, 0) is 135 Å². The summed E-state index contributed by atoms with van der Waals surface area (Å²) in [5, 5.41) is 1.15. The van der Waals surface area contributed by atoms with Crippen molar-refractivity contribution in [1.82, 2.24) is 0 Å². The second-order valence-corrected chi connectivity index (χ2v) is 16.6. The fraction of sp³-hybridized carbons (Fsp3) is 0.0545. The predicted molar refractivity (Wildman–Crippen MR) is 248 cm³/mol. The number of anilines is 6. The highest BCUT2D eigenvalue weighted by molar-refractivity contribution is 7.19. The summed E-state index contributed by atoms with van der Waals surface area (Å²) in [6.45, 7) is 4.61. The van der Waals surface area contributed by atoms with Crippen molar-refractivity contribution in [2.24, 2.45) is 0 Å². The molecule has 10 rings (SSSR count). The van der Waals surface area contributed by atoms with E-state index in [0.717, 1.165) is 55.7 Å². The summed E-state index contributed by atoms with van der Waals surface area (Å²) >= 11 is 1.80. The van der Waals surface area contributed by atoms with Crippen LogP contribution in [0.2, 0.25) is 0 Å². The summed E-state index contributed by atoms with van der Waals surface area (Å²) in [5.74, 6) is -0.234. The molecule has 284 valence electrons. The van der Waals surface area contributed by atoms with Crippen LogP contribution in [0.25, 0.3) is 43.8 Å². The predicted octanol–water partition coefficient (Wildman–Crippen LogP) is 16.1. The van der Waals surface area contributed by atoms with Gasteiger partial charge < -0.3 is 9.80 Å². The maximum atomic E-state index is 14.4. The second kappa shape index (κ2) is 15.1. The van der Waals surface area contributed by atoms with E-state index >= 15 is 0 Å². The monoisotopic (exact) mass is 780 g/mol. The first kappa shape index (κ1) is 36.3. The zero-order chi connectivity index (χ0) is 39.9. The lowest BCUT2D eigenvalue weighted by Gasteiger charge is -2.42. The SMILES string of the molecule is CC1(C)c2cc(-c3ccc(N(c4ccc(-c5ccccc5)cc4)c4ccc(-c5ccccc5)s4)cc3)ccc2N(c2ccccc2)c2ccc(-c3cccc(F)c3)cc21. The topological polar surface area (TPSA) is 6.48 Å². The molecule has 0 N–H and O–H groups in total. The molecule has 9 aromatic rings. The minimum Gasteiger partial charge on any atom is -0.310 e. The molecule has 0 atom stereocenters. The molecule has 0 spiro atoms. The number of hydrogen-bond donors (Lipinski definition) is 0. The number of nitrogens with zero attached hydrogens (tertiary/aromatic N) is 2. The Hall–Kier alpha value is -7.01. The molecular formula is C55H41FN2S. The van der Waals surface area contributed by atoms with Gasteiger partial charge in [0, 0.05) is 27.4 Å². The third kappa shape index (κ3) is 6.82. The van der Waals surface area contributed by atoms with Crippen LogP contribution in [0.15, 0.2) is 212 Å². The molecule has 1 aromatic heterocycles. The Balaban J connectivity index is 1.04. The molecule has 2 heterocycles. The Morgan fingerprint density at radius 2 is 0.881 bits per heavy atom. The standard InChI is InChI=1S/C55H41FN2S/c1-55(2)49-36-43(25-31-51(49)58(46-19-10-5-11-20-46)52-32-26-44(37-50(52)55)42-17-12-18-45(56)35-42)40-23-29-48(30-24-40)57(54-34-33-53(59-54)41-15-8-4-9-16-41)47-27-21-39(22-28-47)38-13-6-3-7-14-38/h3-37H,1-2H3. The summed E-state index contributed by atoms with van der Waals surface area (Å²) in [7, 11) is 0. The van der Waals surface area contributed by atoms with Crippen molar-refractivity contribution in [3.8, 4) is 43.8 Å². The van der Waals surface area contributed by atoms with E-state index in [2.05, 4.69) is 212 Å². The summed E-state index contributed by atoms with van der Waals surface area (Å²) in [6, 6.07) is 74.3. The van der Waals surface area contributed by atoms with Gasteiger partial charge in [0.2, 0.25) is 0 Å². The summed E-state index contributed by atoms with van der Waals surface area (Å²) in [4.78, 5) is 5.95. The van der Waals surface area contributed by atoms with E-state index in [4.69, 9.17) is 0 Å². The second-order valence-electron chi connectivity index (χ2n) is 15.6. The van der Waals surface area contributed by atoms with Gasteiger partial charge in [0.25, 0.3) is 0 Å². The zero-order valence-electron chi connectivity index (χ0n) is 32.9. The lowest BCUT2D eigenvalue weighted by molar-refractivity contribution is 0.628. The first-order valence-corrected chi connectivity index (χ1v) is 20.8. The lowest BCUT2D eigenvalue weighted by atomic mass is 9.72. The summed E-state index contributed by atoms with van der Waals surface area (Å²) in [6.07, 6.45) is 0. The zero-order valence-corrected chi connectivity index (χ0v) is 33.7. The number of rotatable bonds is 8. The molecule has 0 amide bonds. The molecular weight excluding hydrogens is 740 g/mol. The van der Waals surface area contributed by atoms with Gasteiger partial charge in [-0.1, -0.05) is 141 Å². The van der Waals surface area contributed by atoms with Crippen LogP contribution >= 0.6 is 11.3 Å². The van der Waals surface area contributed by atoms with Gasteiger partial charge >= 0.3 is 0 Å². The maximum Gasteiger partial charge on any atom is 0.123 e. The number of para-hydroxylation sites is 1. The first-order chi connectivity index (χ1) is 28.9. The van der Waals surface area contributed by atoms with Gasteiger partial charge in [0.15, 0.2) is 0 Å². The van der Waals surface area contributed by atoms with Crippen molar-refractivity contribution < 1.29 is 4.39 Å². The Bertz CT molecular complexity index is 2900. The van der Waals surface area contributed by atoms with Gasteiger partial charge in [0.1, 0.15) is 10.8 Å². The molecule has 0 saturated heterocycles. The third-order valence-electron chi connectivity index (χ3n) is 11.6. The molecule has 0 radical (unpaired) electrons. The number of halogens is 1. The van der Waals surface area contributed by atoms with Crippen LogP contribution < -0.4 is 9.80 Å². The van der Waals surface area contributed by atoms with Crippen molar-refractivity contribution in [1.29, 1.82) is 0 Å². The van der Waals surface area contributed by atoms with E-state index in [1.54, 1.807) is 23.5 Å². The van der Waals surface area contributed by atoms with E-state index in [-0.39, 0.29) is 11.2 Å². The fourth-order valence-electron chi connectivity index (χ4n) is 8.47. The Labute approximate surface area is 349 Å². The summed E-state index contributed by atoms with van der Waals surface area (Å²) < 4.78 is 14.4. The van der Waals surface area contributed by atoms with E-state index in [9.17, 15) is 4.39 Å². The van der Waals surface area contributed by atoms with E-state index in [1.807, 2.05) is 6.07 Å². The molecule has 59 heavy (non-hydrogen) atoms. The van der Waals surface area contributed by atoms with Crippen molar-refractivity contribution in [2.45, 2.75) is 19.3 Å². The first-order valence-electron chi connectivity index (χ1n) is 20.0. The van der Waals surface area contributed by atoms with Gasteiger partial charge in [-0.15, -0.1) is 11.3 Å². The minimum absolute atomic E-state index is 0.234. The molecule has 2 nitrogen and oxygen atoms in total. The highest BCUT2D eigenvalue weighted by Gasteiger charge is 2.37. The van der Waals surface area contributed by atoms with E-state index in [1.165, 1.54) is 38.8 Å². The van der Waals surface area contributed by atoms with Crippen LogP contribution in [0.3, 0.4) is 0 Å². The van der Waals surface area contributed by atoms with E-state index < -0.39 is 0 Å². The molecule has 1 aliphatic heterocycles. The van der Waals surface area contributed by atoms with Crippen LogP contribution in [0, 0.1) is 5.82 Å². The molecule has 4 heteroatoms. The van der Waals surface area contributed by atoms with Crippen LogP contribution in [-0.2, 0) is 5.41 Å². The normalized spacial score (nSPS) is 12.8. The Morgan fingerprint density at radius 3 is 1.46 bits per heavy atom. The van der Waals surface area contributed by atoms with Crippen molar-refractivity contribution >= 4 is 44.8 Å². The lowest BCUT2D eigenvalue weighted by Crippen LogP contribution is -2.30. The smallest absolute Gasteiger partial charge is 0.123 e. The molecule has 1 aliphatic rings. The van der Waals surface area contributed by atoms with Crippen molar-refractivity contribution in [3.63, 3.8) is 0 Å². The summed E-state index contributed by atoms with van der Waals surface area (Å²) in [5.41, 5.74) is 15.5. The maximum absolute atomic E-state index is 14.4. The third-order valence-corrected chi connectivity index (χ3v) is 12.7. The number of hydrogen-bond acceptors (Lipinski definition) is 3. The van der Waals surface area contributed by atoms with Crippen LogP contribution in [-0.4, -0.2) is 0 Å². The van der Waals surface area contributed by atoms with Crippen molar-refractivity contribution in [3.05, 3.63) is 229 Å². The molecule has 0 bridgehead atoms. The molecule has 8 aromatic carbocycles. The number of thiophene rings is 1. The number of benzene rings is 8. The molecule has 0 aliphatic carbocycles. The van der Waals surface area contributed by atoms with Gasteiger partial charge in [-0.3, -0.25) is 0 Å². The fourth-order valence-corrected chi connectivity index (χ4v) is 9.52. The number of fused-ring (bicyclic) bond motifs is 2. The van der Waals surface area contributed by atoms with Crippen molar-refractivity contribution in [2.75, 3.05) is 9.80 Å². The average molecular weight is 781 g/mol. The highest BCUT2D eigenvalue weighted by Crippen LogP contribution is 2.53. The quantitative estimate of drug-likeness (QED) is 0.152. The molecule has 0 unspecified atom stereocenters.